The number of benzene rings is 1. The van der Waals surface area contributed by atoms with E-state index in [0.717, 1.165) is 12.1 Å². The minimum atomic E-state index is 0.207. The third kappa shape index (κ3) is 5.93. The lowest BCUT2D eigenvalue weighted by atomic mass is 10.1. The minimum absolute atomic E-state index is 0.207. The average Bonchev–Trinajstić information content (AvgIpc) is 2.83. The maximum absolute atomic E-state index is 4.38. The number of hydrogen-bond acceptors (Lipinski definition) is 4. The highest BCUT2D eigenvalue weighted by Gasteiger charge is 2.16. The van der Waals surface area contributed by atoms with Crippen molar-refractivity contribution in [3.8, 4) is 0 Å². The van der Waals surface area contributed by atoms with Crippen molar-refractivity contribution in [3.63, 3.8) is 0 Å². The molecule has 1 aromatic carbocycles. The number of rotatable bonds is 3. The van der Waals surface area contributed by atoms with Gasteiger partial charge in [0.15, 0.2) is 0 Å². The molecular weight excluding hydrogens is 272 g/mol. The molecule has 0 N–H and O–H groups in total. The van der Waals surface area contributed by atoms with E-state index in [1.54, 1.807) is 11.3 Å². The van der Waals surface area contributed by atoms with Crippen molar-refractivity contribution in [2.75, 3.05) is 6.54 Å². The van der Waals surface area contributed by atoms with Crippen LogP contribution in [0.1, 0.15) is 40.5 Å². The van der Waals surface area contributed by atoms with Gasteiger partial charge in [-0.1, -0.05) is 38.3 Å². The molecule has 4 heteroatoms. The van der Waals surface area contributed by atoms with Gasteiger partial charge in [-0.25, -0.2) is 9.29 Å². The third-order valence-corrected chi connectivity index (χ3v) is 4.34. The zero-order chi connectivity index (χ0) is 14.3. The summed E-state index contributed by atoms with van der Waals surface area (Å²) in [4.78, 5) is 4.14. The van der Waals surface area contributed by atoms with Gasteiger partial charge >= 0.3 is 0 Å². The zero-order valence-electron chi connectivity index (χ0n) is 12.3. The molecule has 0 saturated carbocycles. The van der Waals surface area contributed by atoms with Crippen LogP contribution in [0.2, 0.25) is 0 Å². The molecule has 2 aromatic rings. The minimum Gasteiger partial charge on any atom is -0.248 e. The Kier molecular flexibility index (Phi) is 6.83. The largest absolute Gasteiger partial charge is 0.248 e. The van der Waals surface area contributed by atoms with Crippen molar-refractivity contribution < 1.29 is 0 Å². The molecule has 106 valence electrons. The van der Waals surface area contributed by atoms with Crippen LogP contribution in [0.25, 0.3) is 10.2 Å². The van der Waals surface area contributed by atoms with Crippen LogP contribution in [0.5, 0.6) is 0 Å². The summed E-state index contributed by atoms with van der Waals surface area (Å²) in [7, 11) is 0. The first-order valence-corrected chi connectivity index (χ1v) is 7.98. The van der Waals surface area contributed by atoms with Crippen LogP contribution >= 0.6 is 24.2 Å². The summed E-state index contributed by atoms with van der Waals surface area (Å²) in [5.41, 5.74) is 3.17. The van der Waals surface area contributed by atoms with Crippen LogP contribution in [0.15, 0.2) is 29.8 Å². The van der Waals surface area contributed by atoms with Gasteiger partial charge in [-0.05, 0) is 39.3 Å². The van der Waals surface area contributed by atoms with Crippen molar-refractivity contribution in [2.24, 2.45) is 0 Å². The molecule has 0 spiro atoms. The second-order valence-corrected chi connectivity index (χ2v) is 6.84. The molecule has 0 fully saturated rings. The number of unbranched alkanes of at least 4 members (excludes halogenated alkanes) is 1. The maximum atomic E-state index is 4.38. The Morgan fingerprint density at radius 2 is 1.95 bits per heavy atom. The van der Waals surface area contributed by atoms with E-state index in [4.69, 9.17) is 0 Å². The van der Waals surface area contributed by atoms with Gasteiger partial charge in [-0.15, -0.1) is 11.3 Å². The molecular formula is C15H24N2S2. The SMILES string of the molecule is CCCCN(S)C(C)(C)C.c1ccc2scnc2c1. The summed E-state index contributed by atoms with van der Waals surface area (Å²) in [6.07, 6.45) is 2.48. The van der Waals surface area contributed by atoms with Crippen molar-refractivity contribution >= 4 is 34.4 Å². The monoisotopic (exact) mass is 296 g/mol. The lowest BCUT2D eigenvalue weighted by Crippen LogP contribution is -2.34. The van der Waals surface area contributed by atoms with E-state index in [9.17, 15) is 0 Å². The summed E-state index contributed by atoms with van der Waals surface area (Å²) in [5.74, 6) is 0. The van der Waals surface area contributed by atoms with E-state index < -0.39 is 0 Å². The molecule has 19 heavy (non-hydrogen) atoms. The normalized spacial score (nSPS) is 11.5. The lowest BCUT2D eigenvalue weighted by molar-refractivity contribution is 0.274. The van der Waals surface area contributed by atoms with E-state index >= 15 is 0 Å². The highest BCUT2D eigenvalue weighted by Crippen LogP contribution is 2.16. The number of hydrogen-bond donors (Lipinski definition) is 1. The standard InChI is InChI=1S/C8H19NS.C7H5NS/c1-5-6-7-9(10)8(2,3)4;1-2-4-7-6(3-1)8-5-9-7/h10H,5-7H2,1-4H3;1-5H. The summed E-state index contributed by atoms with van der Waals surface area (Å²) in [6.45, 7) is 9.81. The Labute approximate surface area is 126 Å². The van der Waals surface area contributed by atoms with E-state index in [0.29, 0.717) is 0 Å². The molecule has 0 aliphatic rings. The van der Waals surface area contributed by atoms with Crippen LogP contribution in [0.4, 0.5) is 0 Å². The van der Waals surface area contributed by atoms with Crippen molar-refractivity contribution in [1.82, 2.24) is 9.29 Å². The lowest BCUT2D eigenvalue weighted by Gasteiger charge is -2.30. The molecule has 1 aromatic heterocycles. The van der Waals surface area contributed by atoms with Gasteiger partial charge in [0.1, 0.15) is 0 Å². The highest BCUT2D eigenvalue weighted by molar-refractivity contribution is 7.77. The molecule has 0 unspecified atom stereocenters. The van der Waals surface area contributed by atoms with Crippen LogP contribution in [-0.2, 0) is 0 Å². The average molecular weight is 297 g/mol. The first-order chi connectivity index (χ1) is 8.95. The topological polar surface area (TPSA) is 16.1 Å². The van der Waals surface area contributed by atoms with Crippen LogP contribution in [0, 0.1) is 0 Å². The molecule has 2 nitrogen and oxygen atoms in total. The van der Waals surface area contributed by atoms with Crippen molar-refractivity contribution in [3.05, 3.63) is 29.8 Å². The van der Waals surface area contributed by atoms with Gasteiger partial charge < -0.3 is 0 Å². The molecule has 0 bridgehead atoms. The predicted octanol–water partition coefficient (Wildman–Crippen LogP) is 5.03. The quantitative estimate of drug-likeness (QED) is 0.800. The predicted molar refractivity (Wildman–Crippen MR) is 90.0 cm³/mol. The first-order valence-electron chi connectivity index (χ1n) is 6.70. The molecule has 0 radical (unpaired) electrons. The second-order valence-electron chi connectivity index (χ2n) is 5.47. The molecule has 1 heterocycles. The maximum Gasteiger partial charge on any atom is 0.0812 e. The Balaban J connectivity index is 0.000000190. The van der Waals surface area contributed by atoms with E-state index in [2.05, 4.69) is 55.9 Å². The molecule has 0 atom stereocenters. The van der Waals surface area contributed by atoms with Crippen molar-refractivity contribution in [1.29, 1.82) is 0 Å². The summed E-state index contributed by atoms with van der Waals surface area (Å²) >= 11 is 6.05. The number of aromatic nitrogens is 1. The summed E-state index contributed by atoms with van der Waals surface area (Å²) < 4.78 is 3.36. The van der Waals surface area contributed by atoms with Gasteiger partial charge in [0.2, 0.25) is 0 Å². The molecule has 0 saturated heterocycles. The Morgan fingerprint density at radius 1 is 1.26 bits per heavy atom. The zero-order valence-corrected chi connectivity index (χ0v) is 14.0. The number of thiol groups is 1. The fourth-order valence-corrected chi connectivity index (χ4v) is 2.27. The second kappa shape index (κ2) is 7.88. The van der Waals surface area contributed by atoms with E-state index in [1.165, 1.54) is 17.5 Å². The van der Waals surface area contributed by atoms with Crippen LogP contribution < -0.4 is 0 Å². The van der Waals surface area contributed by atoms with Crippen molar-refractivity contribution in [2.45, 2.75) is 46.1 Å². The molecule has 0 aliphatic heterocycles. The van der Waals surface area contributed by atoms with Gasteiger partial charge in [0.05, 0.1) is 15.7 Å². The smallest absolute Gasteiger partial charge is 0.0812 e. The number of fused-ring (bicyclic) bond motifs is 1. The van der Waals surface area contributed by atoms with Gasteiger partial charge in [-0.3, -0.25) is 0 Å². The molecule has 0 aliphatic carbocycles. The van der Waals surface area contributed by atoms with Gasteiger partial charge in [0, 0.05) is 12.1 Å². The molecule has 0 amide bonds. The number of thiazole rings is 1. The van der Waals surface area contributed by atoms with Gasteiger partial charge in [0.25, 0.3) is 0 Å². The number of nitrogens with zero attached hydrogens (tertiary/aromatic N) is 2. The highest BCUT2D eigenvalue weighted by atomic mass is 32.1. The van der Waals surface area contributed by atoms with Crippen LogP contribution in [0.3, 0.4) is 0 Å². The summed E-state index contributed by atoms with van der Waals surface area (Å²) in [5, 5.41) is 0. The van der Waals surface area contributed by atoms with Gasteiger partial charge in [-0.2, -0.15) is 0 Å². The molecule has 2 rings (SSSR count). The Bertz CT molecular complexity index is 444. The third-order valence-electron chi connectivity index (χ3n) is 2.73. The fraction of sp³-hybridized carbons (Fsp3) is 0.533. The van der Waals surface area contributed by atoms with Crippen LogP contribution in [-0.4, -0.2) is 21.4 Å². The Hall–Kier alpha value is -0.580. The van der Waals surface area contributed by atoms with E-state index in [1.807, 2.05) is 23.7 Å². The Morgan fingerprint density at radius 3 is 2.53 bits per heavy atom. The number of para-hydroxylation sites is 1. The summed E-state index contributed by atoms with van der Waals surface area (Å²) in [6, 6.07) is 8.13. The first kappa shape index (κ1) is 16.5. The van der Waals surface area contributed by atoms with E-state index in [-0.39, 0.29) is 5.54 Å². The fourth-order valence-electron chi connectivity index (χ4n) is 1.45.